The summed E-state index contributed by atoms with van der Waals surface area (Å²) in [7, 11) is 0. The third-order valence-electron chi connectivity index (χ3n) is 2.39. The van der Waals surface area contributed by atoms with Crippen LogP contribution in [0.15, 0.2) is 18.2 Å². The second-order valence-electron chi connectivity index (χ2n) is 3.98. The molecule has 1 rings (SSSR count). The quantitative estimate of drug-likeness (QED) is 0.658. The van der Waals surface area contributed by atoms with Crippen LogP contribution in [0.25, 0.3) is 0 Å². The average molecular weight is 273 g/mol. The number of hydrogen-bond acceptors (Lipinski definition) is 4. The molecule has 0 saturated heterocycles. The van der Waals surface area contributed by atoms with Crippen LogP contribution in [0.2, 0.25) is 5.02 Å². The molecule has 0 fully saturated rings. The van der Waals surface area contributed by atoms with Gasteiger partial charge in [-0.25, -0.2) is 0 Å². The maximum absolute atomic E-state index is 11.0. The Bertz CT molecular complexity index is 476. The number of carboxylic acid groups (broad SMARTS) is 1. The lowest BCUT2D eigenvalue weighted by atomic mass is 10.2. The maximum Gasteiger partial charge on any atom is 0.323 e. The molecule has 98 valence electrons. The van der Waals surface area contributed by atoms with Crippen LogP contribution in [0.4, 0.5) is 11.4 Å². The van der Waals surface area contributed by atoms with Crippen molar-refractivity contribution in [3.8, 4) is 0 Å². The highest BCUT2D eigenvalue weighted by Gasteiger charge is 2.25. The van der Waals surface area contributed by atoms with Gasteiger partial charge in [-0.15, -0.1) is 0 Å². The molecule has 0 radical (unpaired) electrons. The van der Waals surface area contributed by atoms with Crippen molar-refractivity contribution >= 4 is 28.9 Å². The summed E-state index contributed by atoms with van der Waals surface area (Å²) in [5, 5.41) is 19.8. The molecule has 0 unspecified atom stereocenters. The van der Waals surface area contributed by atoms with Crippen LogP contribution < -0.4 is 4.90 Å². The molecule has 0 aliphatic rings. The van der Waals surface area contributed by atoms with Crippen molar-refractivity contribution in [2.45, 2.75) is 19.9 Å². The largest absolute Gasteiger partial charge is 0.480 e. The number of aliphatic carboxylic acids is 1. The van der Waals surface area contributed by atoms with Gasteiger partial charge in [0.15, 0.2) is 0 Å². The lowest BCUT2D eigenvalue weighted by Gasteiger charge is -2.26. The van der Waals surface area contributed by atoms with Gasteiger partial charge in [0, 0.05) is 6.04 Å². The van der Waals surface area contributed by atoms with Crippen molar-refractivity contribution in [2.75, 3.05) is 11.4 Å². The predicted octanol–water partition coefficient (Wildman–Crippen LogP) is 2.55. The molecule has 0 aromatic heterocycles. The number of hydrogen-bond donors (Lipinski definition) is 1. The lowest BCUT2D eigenvalue weighted by molar-refractivity contribution is -0.384. The number of para-hydroxylation sites is 1. The zero-order valence-corrected chi connectivity index (χ0v) is 10.7. The van der Waals surface area contributed by atoms with Gasteiger partial charge in [0.1, 0.15) is 17.3 Å². The van der Waals surface area contributed by atoms with Crippen LogP contribution >= 0.6 is 11.6 Å². The topological polar surface area (TPSA) is 83.7 Å². The second kappa shape index (κ2) is 5.68. The molecule has 18 heavy (non-hydrogen) atoms. The molecule has 6 nitrogen and oxygen atoms in total. The molecule has 7 heteroatoms. The molecular weight excluding hydrogens is 260 g/mol. The lowest BCUT2D eigenvalue weighted by Crippen LogP contribution is -2.36. The van der Waals surface area contributed by atoms with Gasteiger partial charge in [-0.2, -0.15) is 0 Å². The molecule has 0 atom stereocenters. The van der Waals surface area contributed by atoms with E-state index in [1.807, 2.05) is 0 Å². The van der Waals surface area contributed by atoms with Crippen molar-refractivity contribution in [3.05, 3.63) is 33.3 Å². The fourth-order valence-electron chi connectivity index (χ4n) is 1.61. The monoisotopic (exact) mass is 272 g/mol. The van der Waals surface area contributed by atoms with E-state index in [9.17, 15) is 14.9 Å². The van der Waals surface area contributed by atoms with Gasteiger partial charge in [0.25, 0.3) is 0 Å². The van der Waals surface area contributed by atoms with Crippen molar-refractivity contribution in [1.29, 1.82) is 0 Å². The summed E-state index contributed by atoms with van der Waals surface area (Å²) in [5.74, 6) is -1.06. The standard InChI is InChI=1S/C11H13ClN2O4/c1-7(2)13(6-10(15)16)9-5-3-4-8(12)11(9)14(17)18/h3-5,7H,6H2,1-2H3,(H,15,16). The minimum absolute atomic E-state index is 0.00598. The van der Waals surface area contributed by atoms with Gasteiger partial charge in [-0.1, -0.05) is 17.7 Å². The highest BCUT2D eigenvalue weighted by Crippen LogP contribution is 2.35. The SMILES string of the molecule is CC(C)N(CC(=O)O)c1cccc(Cl)c1[N+](=O)[O-]. The summed E-state index contributed by atoms with van der Waals surface area (Å²) in [6.07, 6.45) is 0. The van der Waals surface area contributed by atoms with E-state index in [0.717, 1.165) is 0 Å². The van der Waals surface area contributed by atoms with E-state index >= 15 is 0 Å². The Hall–Kier alpha value is -1.82. The van der Waals surface area contributed by atoms with E-state index in [2.05, 4.69) is 0 Å². The summed E-state index contributed by atoms with van der Waals surface area (Å²) in [4.78, 5) is 22.6. The number of carboxylic acids is 1. The highest BCUT2D eigenvalue weighted by molar-refractivity contribution is 6.33. The molecule has 1 aromatic rings. The van der Waals surface area contributed by atoms with E-state index in [1.54, 1.807) is 19.9 Å². The van der Waals surface area contributed by atoms with Gasteiger partial charge >= 0.3 is 11.7 Å². The number of carbonyl (C=O) groups is 1. The maximum atomic E-state index is 11.0. The molecule has 1 aromatic carbocycles. The molecule has 0 saturated carbocycles. The molecule has 1 N–H and O–H groups in total. The molecule has 0 bridgehead atoms. The second-order valence-corrected chi connectivity index (χ2v) is 4.39. The van der Waals surface area contributed by atoms with E-state index < -0.39 is 10.9 Å². The Balaban J connectivity index is 3.32. The third kappa shape index (κ3) is 3.10. The molecule has 0 aliphatic heterocycles. The summed E-state index contributed by atoms with van der Waals surface area (Å²) >= 11 is 5.79. The van der Waals surface area contributed by atoms with Gasteiger partial charge < -0.3 is 10.0 Å². The van der Waals surface area contributed by atoms with Gasteiger partial charge in [0.2, 0.25) is 0 Å². The number of halogens is 1. The highest BCUT2D eigenvalue weighted by atomic mass is 35.5. The zero-order chi connectivity index (χ0) is 13.9. The van der Waals surface area contributed by atoms with Crippen LogP contribution in [-0.4, -0.2) is 28.6 Å². The molecular formula is C11H13ClN2O4. The summed E-state index contributed by atoms with van der Waals surface area (Å²) in [6, 6.07) is 4.26. The van der Waals surface area contributed by atoms with Gasteiger partial charge in [0.05, 0.1) is 4.92 Å². The molecule has 0 heterocycles. The first-order chi connectivity index (χ1) is 8.34. The Morgan fingerprint density at radius 2 is 2.17 bits per heavy atom. The van der Waals surface area contributed by atoms with Crippen molar-refractivity contribution in [1.82, 2.24) is 0 Å². The third-order valence-corrected chi connectivity index (χ3v) is 2.69. The average Bonchev–Trinajstić information content (AvgIpc) is 2.24. The predicted molar refractivity (Wildman–Crippen MR) is 68.2 cm³/mol. The van der Waals surface area contributed by atoms with Crippen LogP contribution in [-0.2, 0) is 4.79 Å². The fourth-order valence-corrected chi connectivity index (χ4v) is 1.85. The normalized spacial score (nSPS) is 10.4. The Labute approximate surface area is 109 Å². The number of nitro benzene ring substituents is 1. The Kier molecular flexibility index (Phi) is 4.49. The van der Waals surface area contributed by atoms with Crippen LogP contribution in [0, 0.1) is 10.1 Å². The van der Waals surface area contributed by atoms with E-state index in [0.29, 0.717) is 0 Å². The molecule has 0 aliphatic carbocycles. The number of nitrogens with zero attached hydrogens (tertiary/aromatic N) is 2. The van der Waals surface area contributed by atoms with Crippen molar-refractivity contribution < 1.29 is 14.8 Å². The smallest absolute Gasteiger partial charge is 0.323 e. The van der Waals surface area contributed by atoms with Crippen LogP contribution in [0.1, 0.15) is 13.8 Å². The number of rotatable bonds is 5. The van der Waals surface area contributed by atoms with E-state index in [1.165, 1.54) is 17.0 Å². The number of anilines is 1. The Morgan fingerprint density at radius 1 is 1.56 bits per heavy atom. The minimum Gasteiger partial charge on any atom is -0.480 e. The fraction of sp³-hybridized carbons (Fsp3) is 0.364. The minimum atomic E-state index is -1.06. The first-order valence-corrected chi connectivity index (χ1v) is 5.63. The summed E-state index contributed by atoms with van der Waals surface area (Å²) in [6.45, 7) is 3.19. The van der Waals surface area contributed by atoms with E-state index in [-0.39, 0.29) is 29.0 Å². The Morgan fingerprint density at radius 3 is 2.61 bits per heavy atom. The van der Waals surface area contributed by atoms with Crippen molar-refractivity contribution in [2.24, 2.45) is 0 Å². The first-order valence-electron chi connectivity index (χ1n) is 5.26. The summed E-state index contributed by atoms with van der Waals surface area (Å²) < 4.78 is 0. The van der Waals surface area contributed by atoms with Crippen molar-refractivity contribution in [3.63, 3.8) is 0 Å². The van der Waals surface area contributed by atoms with Crippen LogP contribution in [0.5, 0.6) is 0 Å². The van der Waals surface area contributed by atoms with E-state index in [4.69, 9.17) is 16.7 Å². The number of nitro groups is 1. The summed E-state index contributed by atoms with van der Waals surface area (Å²) in [5.41, 5.74) is -0.0565. The van der Waals surface area contributed by atoms with Gasteiger partial charge in [-0.3, -0.25) is 14.9 Å². The number of benzene rings is 1. The molecule has 0 spiro atoms. The molecule has 0 amide bonds. The zero-order valence-electron chi connectivity index (χ0n) is 9.96. The first kappa shape index (κ1) is 14.2. The van der Waals surface area contributed by atoms with Gasteiger partial charge in [-0.05, 0) is 26.0 Å². The van der Waals surface area contributed by atoms with Crippen LogP contribution in [0.3, 0.4) is 0 Å².